The van der Waals surface area contributed by atoms with Crippen LogP contribution in [0.15, 0.2) is 23.7 Å². The fraction of sp³-hybridized carbons (Fsp3) is 0.111. The van der Waals surface area contributed by atoms with Gasteiger partial charge in [0.15, 0.2) is 0 Å². The lowest BCUT2D eigenvalue weighted by atomic mass is 10.2. The number of hydrazine groups is 1. The minimum absolute atomic E-state index is 0.444. The number of anilines is 1. The van der Waals surface area contributed by atoms with Gasteiger partial charge in [0, 0.05) is 6.20 Å². The number of aryl methyl sites for hydroxylation is 1. The summed E-state index contributed by atoms with van der Waals surface area (Å²) in [6.07, 6.45) is 1.76. The molecular weight excluding hydrogens is 196 g/mol. The monoisotopic (exact) mass is 206 g/mol. The molecule has 0 unspecified atom stereocenters. The first-order valence-corrected chi connectivity index (χ1v) is 5.03. The van der Waals surface area contributed by atoms with Crippen molar-refractivity contribution in [3.8, 4) is 10.6 Å². The van der Waals surface area contributed by atoms with Crippen molar-refractivity contribution in [3.05, 3.63) is 29.3 Å². The number of nitrogen functional groups attached to an aromatic ring is 1. The Bertz CT molecular complexity index is 424. The van der Waals surface area contributed by atoms with Crippen molar-refractivity contribution in [1.82, 2.24) is 9.97 Å². The van der Waals surface area contributed by atoms with Crippen LogP contribution >= 0.6 is 11.3 Å². The summed E-state index contributed by atoms with van der Waals surface area (Å²) in [6.45, 7) is 1.98. The number of hydrogen-bond acceptors (Lipinski definition) is 5. The van der Waals surface area contributed by atoms with E-state index < -0.39 is 0 Å². The van der Waals surface area contributed by atoms with Gasteiger partial charge in [-0.05, 0) is 23.9 Å². The van der Waals surface area contributed by atoms with Crippen LogP contribution in [0.1, 0.15) is 5.56 Å². The van der Waals surface area contributed by atoms with Crippen molar-refractivity contribution in [2.75, 3.05) is 5.43 Å². The van der Waals surface area contributed by atoms with Gasteiger partial charge in [0.05, 0.1) is 10.6 Å². The van der Waals surface area contributed by atoms with Crippen LogP contribution in [0.4, 0.5) is 5.95 Å². The van der Waals surface area contributed by atoms with E-state index in [4.69, 9.17) is 5.84 Å². The summed E-state index contributed by atoms with van der Waals surface area (Å²) in [5.74, 6) is 5.69. The third-order valence-corrected chi connectivity index (χ3v) is 2.73. The van der Waals surface area contributed by atoms with E-state index in [0.29, 0.717) is 5.95 Å². The molecule has 5 heteroatoms. The highest BCUT2D eigenvalue weighted by molar-refractivity contribution is 7.13. The van der Waals surface area contributed by atoms with Crippen LogP contribution in [0.5, 0.6) is 0 Å². The van der Waals surface area contributed by atoms with Gasteiger partial charge >= 0.3 is 0 Å². The zero-order valence-electron chi connectivity index (χ0n) is 7.69. The number of nitrogens with two attached hydrogens (primary N) is 1. The Kier molecular flexibility index (Phi) is 2.43. The molecule has 0 aliphatic carbocycles. The van der Waals surface area contributed by atoms with Crippen LogP contribution < -0.4 is 11.3 Å². The molecule has 2 aromatic rings. The third-order valence-electron chi connectivity index (χ3n) is 1.86. The van der Waals surface area contributed by atoms with Gasteiger partial charge < -0.3 is 0 Å². The van der Waals surface area contributed by atoms with Gasteiger partial charge in [0.2, 0.25) is 5.95 Å². The number of aromatic nitrogens is 2. The summed E-state index contributed by atoms with van der Waals surface area (Å²) in [6, 6.07) is 4.03. The summed E-state index contributed by atoms with van der Waals surface area (Å²) < 4.78 is 0. The van der Waals surface area contributed by atoms with Crippen LogP contribution in [0.25, 0.3) is 10.6 Å². The van der Waals surface area contributed by atoms with Gasteiger partial charge in [-0.3, -0.25) is 5.43 Å². The average Bonchev–Trinajstić information content (AvgIpc) is 2.71. The van der Waals surface area contributed by atoms with Gasteiger partial charge in [-0.15, -0.1) is 11.3 Å². The molecule has 0 radical (unpaired) electrons. The molecule has 72 valence electrons. The maximum atomic E-state index is 5.25. The maximum Gasteiger partial charge on any atom is 0.237 e. The largest absolute Gasteiger partial charge is 0.292 e. The smallest absolute Gasteiger partial charge is 0.237 e. The standard InChI is InChI=1S/C9H10N4S/c1-6-5-11-9(13-10)12-8(6)7-3-2-4-14-7/h2-5H,10H2,1H3,(H,11,12,13). The zero-order chi connectivity index (χ0) is 9.97. The Balaban J connectivity index is 2.51. The highest BCUT2D eigenvalue weighted by Crippen LogP contribution is 2.25. The van der Waals surface area contributed by atoms with Gasteiger partial charge in [-0.25, -0.2) is 15.8 Å². The van der Waals surface area contributed by atoms with E-state index >= 15 is 0 Å². The lowest BCUT2D eigenvalue weighted by Gasteiger charge is -2.03. The van der Waals surface area contributed by atoms with E-state index in [1.807, 2.05) is 24.4 Å². The quantitative estimate of drug-likeness (QED) is 0.581. The Labute approximate surface area is 85.8 Å². The normalized spacial score (nSPS) is 10.1. The summed E-state index contributed by atoms with van der Waals surface area (Å²) >= 11 is 1.65. The number of nitrogens with one attached hydrogen (secondary N) is 1. The summed E-state index contributed by atoms with van der Waals surface area (Å²) in [5.41, 5.74) is 4.42. The van der Waals surface area contributed by atoms with Crippen molar-refractivity contribution >= 4 is 17.3 Å². The van der Waals surface area contributed by atoms with Crippen LogP contribution in [-0.2, 0) is 0 Å². The van der Waals surface area contributed by atoms with E-state index in [1.165, 1.54) is 0 Å². The molecule has 2 aromatic heterocycles. The molecule has 2 heterocycles. The third kappa shape index (κ3) is 1.59. The molecule has 0 aromatic carbocycles. The van der Waals surface area contributed by atoms with Crippen LogP contribution in [0, 0.1) is 6.92 Å². The molecule has 4 nitrogen and oxygen atoms in total. The minimum atomic E-state index is 0.444. The molecule has 0 aliphatic heterocycles. The average molecular weight is 206 g/mol. The lowest BCUT2D eigenvalue weighted by molar-refractivity contribution is 1.10. The first-order chi connectivity index (χ1) is 6.81. The van der Waals surface area contributed by atoms with Crippen LogP contribution in [0.3, 0.4) is 0 Å². The number of thiophene rings is 1. The number of nitrogens with zero attached hydrogens (tertiary/aromatic N) is 2. The van der Waals surface area contributed by atoms with Gasteiger partial charge in [-0.1, -0.05) is 6.07 Å². The zero-order valence-corrected chi connectivity index (χ0v) is 8.51. The number of hydrogen-bond donors (Lipinski definition) is 2. The summed E-state index contributed by atoms with van der Waals surface area (Å²) in [4.78, 5) is 9.45. The molecule has 0 atom stereocenters. The summed E-state index contributed by atoms with van der Waals surface area (Å²) in [7, 11) is 0. The molecular formula is C9H10N4S. The topological polar surface area (TPSA) is 63.8 Å². The highest BCUT2D eigenvalue weighted by Gasteiger charge is 2.06. The molecule has 2 rings (SSSR count). The minimum Gasteiger partial charge on any atom is -0.292 e. The SMILES string of the molecule is Cc1cnc(NN)nc1-c1cccs1. The van der Waals surface area contributed by atoms with Crippen molar-refractivity contribution in [1.29, 1.82) is 0 Å². The van der Waals surface area contributed by atoms with E-state index in [9.17, 15) is 0 Å². The first-order valence-electron chi connectivity index (χ1n) is 4.15. The molecule has 0 bridgehead atoms. The van der Waals surface area contributed by atoms with Crippen LogP contribution in [-0.4, -0.2) is 9.97 Å². The van der Waals surface area contributed by atoms with Gasteiger partial charge in [0.25, 0.3) is 0 Å². The second kappa shape index (κ2) is 3.73. The van der Waals surface area contributed by atoms with Crippen molar-refractivity contribution < 1.29 is 0 Å². The summed E-state index contributed by atoms with van der Waals surface area (Å²) in [5, 5.41) is 2.02. The molecule has 14 heavy (non-hydrogen) atoms. The predicted molar refractivity (Wildman–Crippen MR) is 57.9 cm³/mol. The van der Waals surface area contributed by atoms with E-state index in [-0.39, 0.29) is 0 Å². The molecule has 3 N–H and O–H groups in total. The van der Waals surface area contributed by atoms with Crippen molar-refractivity contribution in [2.24, 2.45) is 5.84 Å². The fourth-order valence-electron chi connectivity index (χ4n) is 1.17. The second-order valence-corrected chi connectivity index (χ2v) is 3.79. The fourth-order valence-corrected chi connectivity index (χ4v) is 1.95. The number of rotatable bonds is 2. The van der Waals surface area contributed by atoms with Gasteiger partial charge in [-0.2, -0.15) is 0 Å². The molecule has 0 amide bonds. The van der Waals surface area contributed by atoms with E-state index in [0.717, 1.165) is 16.1 Å². The van der Waals surface area contributed by atoms with Crippen LogP contribution in [0.2, 0.25) is 0 Å². The second-order valence-electron chi connectivity index (χ2n) is 2.85. The Morgan fingerprint density at radius 1 is 1.50 bits per heavy atom. The molecule has 0 spiro atoms. The lowest BCUT2D eigenvalue weighted by Crippen LogP contribution is -2.10. The van der Waals surface area contributed by atoms with Crippen molar-refractivity contribution in [3.63, 3.8) is 0 Å². The Morgan fingerprint density at radius 3 is 3.00 bits per heavy atom. The first kappa shape index (κ1) is 9.11. The Hall–Kier alpha value is -1.46. The van der Waals surface area contributed by atoms with E-state index in [1.54, 1.807) is 17.5 Å². The molecule has 0 aliphatic rings. The van der Waals surface area contributed by atoms with Gasteiger partial charge in [0.1, 0.15) is 0 Å². The Morgan fingerprint density at radius 2 is 2.36 bits per heavy atom. The van der Waals surface area contributed by atoms with Crippen molar-refractivity contribution in [2.45, 2.75) is 6.92 Å². The molecule has 0 saturated heterocycles. The highest BCUT2D eigenvalue weighted by atomic mass is 32.1. The van der Waals surface area contributed by atoms with E-state index in [2.05, 4.69) is 15.4 Å². The molecule has 0 fully saturated rings. The molecule has 0 saturated carbocycles. The maximum absolute atomic E-state index is 5.25. The predicted octanol–water partition coefficient (Wildman–Crippen LogP) is 1.80.